The molecule has 3 atom stereocenters. The Hall–Kier alpha value is -0.830. The smallest absolute Gasteiger partial charge is 0.302 e. The second kappa shape index (κ2) is 3.14. The van der Waals surface area contributed by atoms with Crippen LogP contribution >= 0.6 is 0 Å². The first-order valence-electron chi connectivity index (χ1n) is 4.74. The Morgan fingerprint density at radius 3 is 2.38 bits per heavy atom. The Bertz CT molecular complexity index is 233. The lowest BCUT2D eigenvalue weighted by Gasteiger charge is -2.35. The number of carbonyl (C=O) groups is 1. The number of ether oxygens (including phenoxy) is 1. The fourth-order valence-corrected chi connectivity index (χ4v) is 2.23. The summed E-state index contributed by atoms with van der Waals surface area (Å²) >= 11 is 0. The van der Waals surface area contributed by atoms with Gasteiger partial charge < -0.3 is 4.74 Å². The van der Waals surface area contributed by atoms with Crippen LogP contribution in [0.4, 0.5) is 0 Å². The number of hydrogen-bond donors (Lipinski definition) is 0. The summed E-state index contributed by atoms with van der Waals surface area (Å²) in [5.74, 6) is -0.158. The van der Waals surface area contributed by atoms with Crippen molar-refractivity contribution in [3.05, 3.63) is 12.2 Å². The maximum absolute atomic E-state index is 10.8. The number of piperidine rings is 1. The highest BCUT2D eigenvalue weighted by molar-refractivity contribution is 5.66. The molecule has 1 fully saturated rings. The molecule has 0 spiro atoms. The zero-order valence-electron chi connectivity index (χ0n) is 8.06. The minimum absolute atomic E-state index is 0.124. The number of nitrogens with zero attached hydrogens (tertiary/aromatic N) is 1. The Balaban J connectivity index is 1.97. The van der Waals surface area contributed by atoms with E-state index in [1.165, 1.54) is 6.92 Å². The largest absolute Gasteiger partial charge is 0.462 e. The summed E-state index contributed by atoms with van der Waals surface area (Å²) in [4.78, 5) is 13.1. The fraction of sp³-hybridized carbons (Fsp3) is 0.700. The molecular formula is C10H15NO2. The van der Waals surface area contributed by atoms with E-state index >= 15 is 0 Å². The molecule has 0 radical (unpaired) electrons. The lowest BCUT2D eigenvalue weighted by atomic mass is 9.99. The highest BCUT2D eigenvalue weighted by Crippen LogP contribution is 2.30. The SMILES string of the molecule is CC(=O)OC1C[C@H]2C=C[C@@H](C1)N2C. The topological polar surface area (TPSA) is 29.5 Å². The van der Waals surface area contributed by atoms with Gasteiger partial charge in [0.05, 0.1) is 0 Å². The third-order valence-corrected chi connectivity index (χ3v) is 2.94. The van der Waals surface area contributed by atoms with E-state index in [1.807, 2.05) is 0 Å². The predicted octanol–water partition coefficient (Wildman–Crippen LogP) is 0.951. The fourth-order valence-electron chi connectivity index (χ4n) is 2.23. The Morgan fingerprint density at radius 2 is 1.92 bits per heavy atom. The van der Waals surface area contributed by atoms with Crippen molar-refractivity contribution in [1.82, 2.24) is 4.90 Å². The Morgan fingerprint density at radius 1 is 1.38 bits per heavy atom. The summed E-state index contributed by atoms with van der Waals surface area (Å²) < 4.78 is 5.21. The van der Waals surface area contributed by atoms with Crippen LogP contribution in [0.15, 0.2) is 12.2 Å². The van der Waals surface area contributed by atoms with Crippen LogP contribution in [0.2, 0.25) is 0 Å². The van der Waals surface area contributed by atoms with E-state index in [-0.39, 0.29) is 12.1 Å². The minimum Gasteiger partial charge on any atom is -0.462 e. The predicted molar refractivity (Wildman–Crippen MR) is 49.3 cm³/mol. The molecule has 3 heteroatoms. The van der Waals surface area contributed by atoms with Gasteiger partial charge in [0, 0.05) is 31.8 Å². The number of esters is 1. The first-order chi connectivity index (χ1) is 6.16. The molecule has 0 amide bonds. The van der Waals surface area contributed by atoms with Crippen molar-refractivity contribution in [2.24, 2.45) is 0 Å². The molecule has 2 aliphatic heterocycles. The molecule has 13 heavy (non-hydrogen) atoms. The van der Waals surface area contributed by atoms with Gasteiger partial charge in [-0.2, -0.15) is 0 Å². The van der Waals surface area contributed by atoms with Crippen molar-refractivity contribution in [1.29, 1.82) is 0 Å². The summed E-state index contributed by atoms with van der Waals surface area (Å²) in [5, 5.41) is 0. The number of hydrogen-bond acceptors (Lipinski definition) is 3. The van der Waals surface area contributed by atoms with Crippen molar-refractivity contribution >= 4 is 5.97 Å². The van der Waals surface area contributed by atoms with Gasteiger partial charge in [-0.3, -0.25) is 9.69 Å². The van der Waals surface area contributed by atoms with Crippen molar-refractivity contribution in [2.75, 3.05) is 7.05 Å². The molecule has 1 unspecified atom stereocenters. The van der Waals surface area contributed by atoms with Crippen LogP contribution in [-0.2, 0) is 9.53 Å². The van der Waals surface area contributed by atoms with E-state index in [9.17, 15) is 4.79 Å². The van der Waals surface area contributed by atoms with E-state index in [0.717, 1.165) is 12.8 Å². The van der Waals surface area contributed by atoms with E-state index in [2.05, 4.69) is 24.1 Å². The van der Waals surface area contributed by atoms with Crippen LogP contribution in [-0.4, -0.2) is 36.1 Å². The average Bonchev–Trinajstić information content (AvgIpc) is 2.33. The van der Waals surface area contributed by atoms with Gasteiger partial charge in [-0.05, 0) is 7.05 Å². The molecule has 1 saturated heterocycles. The Labute approximate surface area is 78.4 Å². The number of carbonyl (C=O) groups excluding carboxylic acids is 1. The van der Waals surface area contributed by atoms with Crippen molar-refractivity contribution in [3.63, 3.8) is 0 Å². The normalized spacial score (nSPS) is 37.8. The van der Waals surface area contributed by atoms with Crippen LogP contribution < -0.4 is 0 Å². The molecule has 0 aromatic rings. The van der Waals surface area contributed by atoms with Gasteiger partial charge in [0.2, 0.25) is 0 Å². The molecule has 2 aliphatic rings. The van der Waals surface area contributed by atoms with E-state index in [4.69, 9.17) is 4.74 Å². The van der Waals surface area contributed by atoms with Gasteiger partial charge in [0.25, 0.3) is 0 Å². The highest BCUT2D eigenvalue weighted by Gasteiger charge is 2.35. The van der Waals surface area contributed by atoms with E-state index < -0.39 is 0 Å². The lowest BCUT2D eigenvalue weighted by Crippen LogP contribution is -2.44. The Kier molecular flexibility index (Phi) is 2.12. The van der Waals surface area contributed by atoms with E-state index in [0.29, 0.717) is 12.1 Å². The maximum Gasteiger partial charge on any atom is 0.302 e. The molecule has 2 heterocycles. The van der Waals surface area contributed by atoms with Gasteiger partial charge in [-0.25, -0.2) is 0 Å². The number of likely N-dealkylation sites (N-methyl/N-ethyl adjacent to an activating group) is 1. The monoisotopic (exact) mass is 181 g/mol. The van der Waals surface area contributed by atoms with Crippen LogP contribution in [0.3, 0.4) is 0 Å². The molecule has 0 saturated carbocycles. The number of rotatable bonds is 1. The second-order valence-corrected chi connectivity index (χ2v) is 3.89. The van der Waals surface area contributed by atoms with Crippen LogP contribution in [0, 0.1) is 0 Å². The molecule has 0 N–H and O–H groups in total. The third-order valence-electron chi connectivity index (χ3n) is 2.94. The van der Waals surface area contributed by atoms with E-state index in [1.54, 1.807) is 0 Å². The molecule has 0 aromatic carbocycles. The van der Waals surface area contributed by atoms with Crippen molar-refractivity contribution < 1.29 is 9.53 Å². The second-order valence-electron chi connectivity index (χ2n) is 3.89. The average molecular weight is 181 g/mol. The zero-order valence-corrected chi connectivity index (χ0v) is 8.06. The first kappa shape index (κ1) is 8.75. The molecular weight excluding hydrogens is 166 g/mol. The van der Waals surface area contributed by atoms with Crippen molar-refractivity contribution in [2.45, 2.75) is 38.0 Å². The van der Waals surface area contributed by atoms with Crippen LogP contribution in [0.5, 0.6) is 0 Å². The zero-order chi connectivity index (χ0) is 9.42. The van der Waals surface area contributed by atoms with Gasteiger partial charge >= 0.3 is 5.97 Å². The van der Waals surface area contributed by atoms with Gasteiger partial charge in [-0.1, -0.05) is 12.2 Å². The molecule has 2 rings (SSSR count). The standard InChI is InChI=1S/C10H15NO2/c1-7(12)13-10-5-8-3-4-9(6-10)11(8)2/h3-4,8-10H,5-6H2,1-2H3/t8-,9+,10?. The molecule has 72 valence electrons. The summed E-state index contributed by atoms with van der Waals surface area (Å²) in [6, 6.07) is 0.950. The summed E-state index contributed by atoms with van der Waals surface area (Å²) in [6.07, 6.45) is 6.45. The molecule has 0 aromatic heterocycles. The molecule has 2 bridgehead atoms. The minimum atomic E-state index is -0.158. The summed E-state index contributed by atoms with van der Waals surface area (Å²) in [5.41, 5.74) is 0. The molecule has 3 nitrogen and oxygen atoms in total. The van der Waals surface area contributed by atoms with Gasteiger partial charge in [0.15, 0.2) is 0 Å². The van der Waals surface area contributed by atoms with Crippen LogP contribution in [0.1, 0.15) is 19.8 Å². The van der Waals surface area contributed by atoms with Gasteiger partial charge in [0.1, 0.15) is 6.10 Å². The quantitative estimate of drug-likeness (QED) is 0.445. The molecule has 0 aliphatic carbocycles. The number of fused-ring (bicyclic) bond motifs is 2. The third kappa shape index (κ3) is 1.61. The van der Waals surface area contributed by atoms with Crippen LogP contribution in [0.25, 0.3) is 0 Å². The van der Waals surface area contributed by atoms with Gasteiger partial charge in [-0.15, -0.1) is 0 Å². The highest BCUT2D eigenvalue weighted by atomic mass is 16.5. The maximum atomic E-state index is 10.8. The summed E-state index contributed by atoms with van der Waals surface area (Å²) in [7, 11) is 2.12. The lowest BCUT2D eigenvalue weighted by molar-refractivity contribution is -0.149. The summed E-state index contributed by atoms with van der Waals surface area (Å²) in [6.45, 7) is 1.48. The van der Waals surface area contributed by atoms with Crippen molar-refractivity contribution in [3.8, 4) is 0 Å². The first-order valence-corrected chi connectivity index (χ1v) is 4.74.